The predicted molar refractivity (Wildman–Crippen MR) is 73.6 cm³/mol. The zero-order chi connectivity index (χ0) is 12.5. The number of rotatable bonds is 2. The third kappa shape index (κ3) is 2.42. The van der Waals surface area contributed by atoms with E-state index in [1.54, 1.807) is 0 Å². The predicted octanol–water partition coefficient (Wildman–Crippen LogP) is 2.43. The first-order chi connectivity index (χ1) is 8.70. The van der Waals surface area contributed by atoms with Crippen molar-refractivity contribution in [3.63, 3.8) is 0 Å². The number of nitrogens with zero attached hydrogens (tertiary/aromatic N) is 1. The van der Waals surface area contributed by atoms with Crippen molar-refractivity contribution in [1.29, 1.82) is 0 Å². The summed E-state index contributed by atoms with van der Waals surface area (Å²) in [6.45, 7) is 5.08. The molecular weight excluding hydrogens is 224 g/mol. The minimum atomic E-state index is -0.0882. The number of H-pyrrole nitrogens is 1. The van der Waals surface area contributed by atoms with E-state index in [-0.39, 0.29) is 6.10 Å². The molecule has 1 aliphatic rings. The molecular formula is C15H20N2O. The lowest BCUT2D eigenvalue weighted by atomic mass is 10.1. The highest BCUT2D eigenvalue weighted by Gasteiger charge is 2.16. The summed E-state index contributed by atoms with van der Waals surface area (Å²) in [6, 6.07) is 8.82. The molecule has 3 nitrogen and oxygen atoms in total. The zero-order valence-electron chi connectivity index (χ0n) is 10.8. The molecule has 96 valence electrons. The number of benzene rings is 1. The Morgan fingerprint density at radius 1 is 1.28 bits per heavy atom. The van der Waals surface area contributed by atoms with E-state index in [4.69, 9.17) is 0 Å². The van der Waals surface area contributed by atoms with Crippen LogP contribution in [0.15, 0.2) is 24.3 Å². The van der Waals surface area contributed by atoms with E-state index in [1.165, 1.54) is 22.2 Å². The molecule has 1 aromatic heterocycles. The fraction of sp³-hybridized carbons (Fsp3) is 0.467. The number of hydrogen-bond donors (Lipinski definition) is 2. The Labute approximate surface area is 107 Å². The third-order valence-corrected chi connectivity index (χ3v) is 3.78. The average molecular weight is 244 g/mol. The Kier molecular flexibility index (Phi) is 3.10. The molecule has 0 amide bonds. The molecule has 0 unspecified atom stereocenters. The van der Waals surface area contributed by atoms with E-state index in [0.29, 0.717) is 0 Å². The number of hydrogen-bond acceptors (Lipinski definition) is 2. The summed E-state index contributed by atoms with van der Waals surface area (Å²) in [5.41, 5.74) is 3.78. The molecule has 18 heavy (non-hydrogen) atoms. The Morgan fingerprint density at radius 3 is 2.83 bits per heavy atom. The molecule has 3 heteroatoms. The second kappa shape index (κ2) is 4.75. The van der Waals surface area contributed by atoms with Crippen molar-refractivity contribution in [2.24, 2.45) is 0 Å². The molecule has 1 aliphatic heterocycles. The van der Waals surface area contributed by atoms with Crippen LogP contribution in [0.2, 0.25) is 0 Å². The van der Waals surface area contributed by atoms with Gasteiger partial charge in [-0.15, -0.1) is 0 Å². The lowest BCUT2D eigenvalue weighted by Gasteiger charge is -2.29. The molecule has 1 saturated heterocycles. The molecule has 0 spiro atoms. The van der Waals surface area contributed by atoms with Crippen molar-refractivity contribution in [3.8, 4) is 0 Å². The lowest BCUT2D eigenvalue weighted by Crippen LogP contribution is -2.35. The van der Waals surface area contributed by atoms with Crippen LogP contribution in [0.1, 0.15) is 24.1 Å². The summed E-state index contributed by atoms with van der Waals surface area (Å²) in [4.78, 5) is 5.80. The molecule has 2 heterocycles. The topological polar surface area (TPSA) is 39.3 Å². The van der Waals surface area contributed by atoms with Gasteiger partial charge in [0, 0.05) is 30.8 Å². The Morgan fingerprint density at radius 2 is 2.06 bits per heavy atom. The van der Waals surface area contributed by atoms with Gasteiger partial charge in [0.05, 0.1) is 6.10 Å². The SMILES string of the molecule is Cc1cc2ccc(CN3CCC(O)CC3)cc2[nH]1. The summed E-state index contributed by atoms with van der Waals surface area (Å²) in [7, 11) is 0. The maximum atomic E-state index is 9.51. The monoisotopic (exact) mass is 244 g/mol. The van der Waals surface area contributed by atoms with Crippen LogP contribution in [0.3, 0.4) is 0 Å². The first kappa shape index (κ1) is 11.8. The van der Waals surface area contributed by atoms with Gasteiger partial charge in [-0.1, -0.05) is 12.1 Å². The minimum Gasteiger partial charge on any atom is -0.393 e. The van der Waals surface area contributed by atoms with E-state index in [1.807, 2.05) is 0 Å². The Balaban J connectivity index is 1.74. The summed E-state index contributed by atoms with van der Waals surface area (Å²) in [5, 5.41) is 10.8. The summed E-state index contributed by atoms with van der Waals surface area (Å²) < 4.78 is 0. The van der Waals surface area contributed by atoms with Crippen molar-refractivity contribution in [1.82, 2.24) is 9.88 Å². The van der Waals surface area contributed by atoms with E-state index in [9.17, 15) is 5.11 Å². The maximum Gasteiger partial charge on any atom is 0.0564 e. The fourth-order valence-corrected chi connectivity index (χ4v) is 2.75. The average Bonchev–Trinajstić information content (AvgIpc) is 2.71. The van der Waals surface area contributed by atoms with Gasteiger partial charge >= 0.3 is 0 Å². The summed E-state index contributed by atoms with van der Waals surface area (Å²) in [5.74, 6) is 0. The Hall–Kier alpha value is -1.32. The molecule has 2 aromatic rings. The first-order valence-corrected chi connectivity index (χ1v) is 6.69. The van der Waals surface area contributed by atoms with Crippen molar-refractivity contribution in [2.45, 2.75) is 32.4 Å². The molecule has 0 saturated carbocycles. The molecule has 3 rings (SSSR count). The van der Waals surface area contributed by atoms with Crippen LogP contribution in [0.25, 0.3) is 10.9 Å². The van der Waals surface area contributed by atoms with Crippen molar-refractivity contribution >= 4 is 10.9 Å². The van der Waals surface area contributed by atoms with E-state index in [2.05, 4.69) is 41.1 Å². The van der Waals surface area contributed by atoms with E-state index < -0.39 is 0 Å². The normalized spacial score (nSPS) is 18.6. The van der Waals surface area contributed by atoms with Crippen LogP contribution < -0.4 is 0 Å². The Bertz CT molecular complexity index is 538. The number of likely N-dealkylation sites (tertiary alicyclic amines) is 1. The van der Waals surface area contributed by atoms with E-state index >= 15 is 0 Å². The van der Waals surface area contributed by atoms with Crippen LogP contribution in [0, 0.1) is 6.92 Å². The number of aromatic amines is 1. The molecule has 0 radical (unpaired) electrons. The number of piperidine rings is 1. The maximum absolute atomic E-state index is 9.51. The van der Waals surface area contributed by atoms with Gasteiger partial charge in [0.2, 0.25) is 0 Å². The van der Waals surface area contributed by atoms with Crippen LogP contribution in [0.4, 0.5) is 0 Å². The smallest absolute Gasteiger partial charge is 0.0564 e. The van der Waals surface area contributed by atoms with Gasteiger partial charge in [0.25, 0.3) is 0 Å². The van der Waals surface area contributed by atoms with Crippen LogP contribution in [-0.4, -0.2) is 34.2 Å². The number of aliphatic hydroxyl groups is 1. The van der Waals surface area contributed by atoms with Gasteiger partial charge < -0.3 is 10.1 Å². The standard InChI is InChI=1S/C15H20N2O/c1-11-8-13-3-2-12(9-15(13)16-11)10-17-6-4-14(18)5-7-17/h2-3,8-9,14,16,18H,4-7,10H2,1H3. The highest BCUT2D eigenvalue weighted by molar-refractivity contribution is 5.80. The van der Waals surface area contributed by atoms with Gasteiger partial charge in [0.1, 0.15) is 0 Å². The number of fused-ring (bicyclic) bond motifs is 1. The van der Waals surface area contributed by atoms with Gasteiger partial charge in [-0.2, -0.15) is 0 Å². The molecule has 2 N–H and O–H groups in total. The zero-order valence-corrected chi connectivity index (χ0v) is 10.8. The van der Waals surface area contributed by atoms with Gasteiger partial charge in [0.15, 0.2) is 0 Å². The van der Waals surface area contributed by atoms with E-state index in [0.717, 1.165) is 32.5 Å². The molecule has 0 bridgehead atoms. The highest BCUT2D eigenvalue weighted by Crippen LogP contribution is 2.19. The number of nitrogens with one attached hydrogen (secondary N) is 1. The molecule has 0 atom stereocenters. The third-order valence-electron chi connectivity index (χ3n) is 3.78. The van der Waals surface area contributed by atoms with Crippen LogP contribution in [0.5, 0.6) is 0 Å². The quantitative estimate of drug-likeness (QED) is 0.851. The largest absolute Gasteiger partial charge is 0.393 e. The van der Waals surface area contributed by atoms with Gasteiger partial charge in [-0.3, -0.25) is 4.90 Å². The van der Waals surface area contributed by atoms with Gasteiger partial charge in [-0.25, -0.2) is 0 Å². The minimum absolute atomic E-state index is 0.0882. The summed E-state index contributed by atoms with van der Waals surface area (Å²) in [6.07, 6.45) is 1.73. The van der Waals surface area contributed by atoms with Gasteiger partial charge in [-0.05, 0) is 42.8 Å². The molecule has 1 aromatic carbocycles. The second-order valence-corrected chi connectivity index (χ2v) is 5.38. The van der Waals surface area contributed by atoms with Crippen molar-refractivity contribution in [2.75, 3.05) is 13.1 Å². The molecule has 0 aliphatic carbocycles. The highest BCUT2D eigenvalue weighted by atomic mass is 16.3. The summed E-state index contributed by atoms with van der Waals surface area (Å²) >= 11 is 0. The lowest BCUT2D eigenvalue weighted by molar-refractivity contribution is 0.0792. The number of aryl methyl sites for hydroxylation is 1. The molecule has 1 fully saturated rings. The van der Waals surface area contributed by atoms with Crippen LogP contribution >= 0.6 is 0 Å². The van der Waals surface area contributed by atoms with Crippen molar-refractivity contribution < 1.29 is 5.11 Å². The second-order valence-electron chi connectivity index (χ2n) is 5.38. The number of aliphatic hydroxyl groups excluding tert-OH is 1. The van der Waals surface area contributed by atoms with Crippen molar-refractivity contribution in [3.05, 3.63) is 35.5 Å². The fourth-order valence-electron chi connectivity index (χ4n) is 2.75. The first-order valence-electron chi connectivity index (χ1n) is 6.69. The van der Waals surface area contributed by atoms with Crippen LogP contribution in [-0.2, 0) is 6.54 Å². The number of aromatic nitrogens is 1.